The zero-order chi connectivity index (χ0) is 24.6. The van der Waals surface area contributed by atoms with Gasteiger partial charge in [0.15, 0.2) is 5.65 Å². The number of nitrogens with one attached hydrogen (secondary N) is 1. The van der Waals surface area contributed by atoms with E-state index in [-0.39, 0.29) is 0 Å². The van der Waals surface area contributed by atoms with Crippen molar-refractivity contribution in [1.29, 1.82) is 0 Å². The average Bonchev–Trinajstić information content (AvgIpc) is 3.27. The Balaban J connectivity index is 1.39. The van der Waals surface area contributed by atoms with E-state index in [0.717, 1.165) is 48.7 Å². The lowest BCUT2D eigenvalue weighted by molar-refractivity contribution is 0.312. The molecule has 0 spiro atoms. The molecule has 0 bridgehead atoms. The molecule has 8 nitrogen and oxygen atoms in total. The van der Waals surface area contributed by atoms with Crippen LogP contribution in [0.2, 0.25) is 0 Å². The fourth-order valence-corrected chi connectivity index (χ4v) is 4.44. The van der Waals surface area contributed by atoms with Gasteiger partial charge >= 0.3 is 0 Å². The number of fused-ring (bicyclic) bond motifs is 1. The van der Waals surface area contributed by atoms with Gasteiger partial charge < -0.3 is 20.0 Å². The van der Waals surface area contributed by atoms with Crippen LogP contribution in [-0.2, 0) is 5.54 Å². The van der Waals surface area contributed by atoms with Gasteiger partial charge in [-0.05, 0) is 37.7 Å². The lowest BCUT2D eigenvalue weighted by atomic mass is 9.94. The molecule has 0 atom stereocenters. The smallest absolute Gasteiger partial charge is 0.252 e. The Bertz CT molecular complexity index is 1390. The van der Waals surface area contributed by atoms with Crippen molar-refractivity contribution >= 4 is 23.0 Å². The fourth-order valence-electron chi connectivity index (χ4n) is 4.44. The molecule has 35 heavy (non-hydrogen) atoms. The van der Waals surface area contributed by atoms with Crippen LogP contribution in [0.5, 0.6) is 0 Å². The number of benzene rings is 2. The van der Waals surface area contributed by atoms with Crippen LogP contribution in [-0.4, -0.2) is 57.7 Å². The predicted octanol–water partition coefficient (Wildman–Crippen LogP) is 4.75. The van der Waals surface area contributed by atoms with E-state index in [0.29, 0.717) is 11.6 Å². The minimum atomic E-state index is -0.550. The van der Waals surface area contributed by atoms with E-state index in [1.807, 2.05) is 38.1 Å². The highest BCUT2D eigenvalue weighted by Gasteiger charge is 2.25. The van der Waals surface area contributed by atoms with Gasteiger partial charge in [-0.3, -0.25) is 4.98 Å². The maximum atomic E-state index is 7.43. The van der Waals surface area contributed by atoms with Crippen molar-refractivity contribution in [2.75, 3.05) is 43.4 Å². The van der Waals surface area contributed by atoms with Crippen molar-refractivity contribution in [1.82, 2.24) is 24.5 Å². The van der Waals surface area contributed by atoms with Crippen LogP contribution in [0.15, 0.2) is 54.9 Å². The third-order valence-electron chi connectivity index (χ3n) is 6.71. The number of nitrogens with zero attached hydrogens (tertiary/aromatic N) is 7. The largest absolute Gasteiger partial charge is 0.369 e. The van der Waals surface area contributed by atoms with Crippen LogP contribution in [0.3, 0.4) is 0 Å². The van der Waals surface area contributed by atoms with Gasteiger partial charge in [0.05, 0.1) is 18.1 Å². The van der Waals surface area contributed by atoms with E-state index < -0.39 is 5.54 Å². The third-order valence-corrected chi connectivity index (χ3v) is 6.71. The van der Waals surface area contributed by atoms with Gasteiger partial charge in [-0.15, -0.1) is 5.10 Å². The molecule has 2 aromatic heterocycles. The Hall–Kier alpha value is -3.96. The SMILES string of the molecule is [C-]#[N+]C(C)(C)c1ccc(-c2cncc3nc(Nc4ccc(N5CCN(C)CC5)c(C)c4)nn23)cc1. The number of anilines is 3. The van der Waals surface area contributed by atoms with Crippen LogP contribution in [0.1, 0.15) is 25.0 Å². The molecule has 1 fully saturated rings. The van der Waals surface area contributed by atoms with E-state index >= 15 is 0 Å². The second-order valence-electron chi connectivity index (χ2n) is 9.66. The van der Waals surface area contributed by atoms with Crippen molar-refractivity contribution in [3.63, 3.8) is 0 Å². The summed E-state index contributed by atoms with van der Waals surface area (Å²) in [6.45, 7) is 17.7. The number of hydrogen-bond donors (Lipinski definition) is 1. The summed E-state index contributed by atoms with van der Waals surface area (Å²) in [6.07, 6.45) is 3.50. The minimum Gasteiger partial charge on any atom is -0.369 e. The first-order valence-electron chi connectivity index (χ1n) is 11.9. The highest BCUT2D eigenvalue weighted by Crippen LogP contribution is 2.29. The first-order valence-corrected chi connectivity index (χ1v) is 11.9. The molecule has 0 amide bonds. The van der Waals surface area contributed by atoms with Crippen LogP contribution in [0.4, 0.5) is 17.3 Å². The number of hydrogen-bond acceptors (Lipinski definition) is 6. The maximum Gasteiger partial charge on any atom is 0.252 e. The van der Waals surface area contributed by atoms with Crippen LogP contribution >= 0.6 is 0 Å². The van der Waals surface area contributed by atoms with Crippen LogP contribution < -0.4 is 10.2 Å². The van der Waals surface area contributed by atoms with Gasteiger partial charge in [-0.2, -0.15) is 4.98 Å². The summed E-state index contributed by atoms with van der Waals surface area (Å²) in [7, 11) is 2.17. The zero-order valence-corrected chi connectivity index (χ0v) is 20.7. The molecule has 1 saturated heterocycles. The van der Waals surface area contributed by atoms with Crippen molar-refractivity contribution in [2.45, 2.75) is 26.3 Å². The monoisotopic (exact) mass is 466 g/mol. The van der Waals surface area contributed by atoms with Gasteiger partial charge in [0.25, 0.3) is 5.54 Å². The normalized spacial score (nSPS) is 14.8. The molecule has 178 valence electrons. The molecule has 0 unspecified atom stereocenters. The fraction of sp³-hybridized carbons (Fsp3) is 0.333. The number of likely N-dealkylation sites (N-methyl/N-ethyl adjacent to an activating group) is 1. The van der Waals surface area contributed by atoms with E-state index in [2.05, 4.69) is 62.1 Å². The minimum absolute atomic E-state index is 0.525. The predicted molar refractivity (Wildman–Crippen MR) is 140 cm³/mol. The Morgan fingerprint density at radius 3 is 2.43 bits per heavy atom. The van der Waals surface area contributed by atoms with Crippen molar-refractivity contribution in [2.24, 2.45) is 0 Å². The van der Waals surface area contributed by atoms with Crippen molar-refractivity contribution in [3.05, 3.63) is 77.4 Å². The third kappa shape index (κ3) is 4.55. The molecule has 0 radical (unpaired) electrons. The Morgan fingerprint density at radius 1 is 1.00 bits per heavy atom. The van der Waals surface area contributed by atoms with Gasteiger partial charge in [0.2, 0.25) is 5.95 Å². The zero-order valence-electron chi connectivity index (χ0n) is 20.7. The standard InChI is InChI=1S/C27H30N8/c1-19-16-22(10-11-23(19)34-14-12-33(5)13-15-34)30-26-31-25-18-29-17-24(35(25)32-26)20-6-8-21(9-7-20)27(2,3)28-4/h6-11,16-18H,12-15H2,1-3,5H3,(H,30,32). The first kappa shape index (κ1) is 22.8. The molecule has 1 aliphatic heterocycles. The van der Waals surface area contributed by atoms with E-state index in [1.165, 1.54) is 11.3 Å². The Morgan fingerprint density at radius 2 is 1.74 bits per heavy atom. The summed E-state index contributed by atoms with van der Waals surface area (Å²) < 4.78 is 1.80. The molecule has 0 saturated carbocycles. The van der Waals surface area contributed by atoms with Gasteiger partial charge in [-0.25, -0.2) is 11.1 Å². The number of piperazine rings is 1. The summed E-state index contributed by atoms with van der Waals surface area (Å²) >= 11 is 0. The highest BCUT2D eigenvalue weighted by atomic mass is 15.4. The lowest BCUT2D eigenvalue weighted by Gasteiger charge is -2.35. The van der Waals surface area contributed by atoms with E-state index in [1.54, 1.807) is 16.9 Å². The molecule has 5 rings (SSSR count). The van der Waals surface area contributed by atoms with Crippen molar-refractivity contribution in [3.8, 4) is 11.3 Å². The summed E-state index contributed by atoms with van der Waals surface area (Å²) in [6, 6.07) is 14.4. The molecule has 0 aliphatic carbocycles. The van der Waals surface area contributed by atoms with E-state index in [9.17, 15) is 0 Å². The highest BCUT2D eigenvalue weighted by molar-refractivity contribution is 5.66. The second-order valence-corrected chi connectivity index (χ2v) is 9.66. The maximum absolute atomic E-state index is 7.43. The number of rotatable bonds is 5. The summed E-state index contributed by atoms with van der Waals surface area (Å²) in [5.74, 6) is 0.525. The van der Waals surface area contributed by atoms with E-state index in [4.69, 9.17) is 11.7 Å². The molecule has 2 aromatic carbocycles. The molecule has 4 aromatic rings. The lowest BCUT2D eigenvalue weighted by Crippen LogP contribution is -2.44. The topological polar surface area (TPSA) is 66.0 Å². The molecule has 3 heterocycles. The average molecular weight is 467 g/mol. The summed E-state index contributed by atoms with van der Waals surface area (Å²) in [5.41, 5.74) is 6.38. The van der Waals surface area contributed by atoms with Gasteiger partial charge in [-0.1, -0.05) is 24.3 Å². The Labute approximate surface area is 206 Å². The summed E-state index contributed by atoms with van der Waals surface area (Å²) in [4.78, 5) is 17.5. The van der Waals surface area contributed by atoms with Crippen LogP contribution in [0.25, 0.3) is 21.7 Å². The second kappa shape index (κ2) is 9.01. The van der Waals surface area contributed by atoms with Gasteiger partial charge in [0, 0.05) is 62.5 Å². The first-order chi connectivity index (χ1) is 16.8. The molecule has 1 aliphatic rings. The van der Waals surface area contributed by atoms with Gasteiger partial charge in [0.1, 0.15) is 0 Å². The molecule has 8 heteroatoms. The summed E-state index contributed by atoms with van der Waals surface area (Å²) in [5, 5.41) is 8.07. The van der Waals surface area contributed by atoms with Crippen LogP contribution in [0, 0.1) is 13.5 Å². The molecule has 1 N–H and O–H groups in total. The number of aromatic nitrogens is 4. The molecular formula is C27H30N8. The van der Waals surface area contributed by atoms with Crippen molar-refractivity contribution < 1.29 is 0 Å². The molecular weight excluding hydrogens is 436 g/mol. The Kier molecular flexibility index (Phi) is 5.87. The quantitative estimate of drug-likeness (QED) is 0.428. The number of aryl methyl sites for hydroxylation is 1.